The maximum absolute atomic E-state index is 5.44. The number of fused-ring (bicyclic) bond motifs is 1. The first-order valence-corrected chi connectivity index (χ1v) is 6.29. The predicted octanol–water partition coefficient (Wildman–Crippen LogP) is 3.86. The number of hydrogen-bond donors (Lipinski definition) is 1. The first-order valence-electron chi connectivity index (χ1n) is 6.29. The molecule has 0 aliphatic rings. The van der Waals surface area contributed by atoms with Crippen LogP contribution in [0, 0.1) is 13.8 Å². The van der Waals surface area contributed by atoms with Gasteiger partial charge in [0.25, 0.3) is 0 Å². The highest BCUT2D eigenvalue weighted by Gasteiger charge is 2.13. The summed E-state index contributed by atoms with van der Waals surface area (Å²) < 4.78 is 5.44. The number of ether oxygens (including phenoxy) is 1. The molecule has 96 valence electrons. The van der Waals surface area contributed by atoms with Gasteiger partial charge < -0.3 is 9.72 Å². The van der Waals surface area contributed by atoms with Crippen LogP contribution in [0.25, 0.3) is 22.2 Å². The molecule has 0 saturated carbocycles. The fourth-order valence-corrected chi connectivity index (χ4v) is 2.45. The van der Waals surface area contributed by atoms with Gasteiger partial charge in [0.05, 0.1) is 24.5 Å². The van der Waals surface area contributed by atoms with E-state index in [-0.39, 0.29) is 0 Å². The number of aromatic amines is 1. The van der Waals surface area contributed by atoms with Gasteiger partial charge in [0.15, 0.2) is 0 Å². The lowest BCUT2D eigenvalue weighted by atomic mass is 10.1. The highest BCUT2D eigenvalue weighted by Crippen LogP contribution is 2.34. The maximum Gasteiger partial charge on any atom is 0.128 e. The van der Waals surface area contributed by atoms with E-state index < -0.39 is 0 Å². The van der Waals surface area contributed by atoms with E-state index in [9.17, 15) is 0 Å². The number of nitrogens with zero attached hydrogens (tertiary/aromatic N) is 1. The van der Waals surface area contributed by atoms with E-state index in [0.29, 0.717) is 0 Å². The number of rotatable bonds is 2. The van der Waals surface area contributed by atoms with Gasteiger partial charge in [0.2, 0.25) is 0 Å². The average Bonchev–Trinajstić information content (AvgIpc) is 2.76. The van der Waals surface area contributed by atoms with Crippen LogP contribution in [0.5, 0.6) is 5.75 Å². The Morgan fingerprint density at radius 2 is 1.95 bits per heavy atom. The summed E-state index contributed by atoms with van der Waals surface area (Å²) in [7, 11) is 1.70. The van der Waals surface area contributed by atoms with E-state index in [4.69, 9.17) is 4.74 Å². The zero-order chi connectivity index (χ0) is 13.4. The largest absolute Gasteiger partial charge is 0.496 e. The Hall–Kier alpha value is -2.29. The third-order valence-corrected chi connectivity index (χ3v) is 3.46. The van der Waals surface area contributed by atoms with Crippen molar-refractivity contribution in [1.29, 1.82) is 0 Å². The third-order valence-electron chi connectivity index (χ3n) is 3.46. The number of para-hydroxylation sites is 1. The number of benzene rings is 1. The average molecular weight is 252 g/mol. The summed E-state index contributed by atoms with van der Waals surface area (Å²) in [6.07, 6.45) is 1.89. The van der Waals surface area contributed by atoms with Crippen LogP contribution in [0.15, 0.2) is 36.5 Å². The molecule has 19 heavy (non-hydrogen) atoms. The van der Waals surface area contributed by atoms with Crippen LogP contribution in [0.3, 0.4) is 0 Å². The second-order valence-electron chi connectivity index (χ2n) is 4.70. The number of pyridine rings is 1. The smallest absolute Gasteiger partial charge is 0.128 e. The summed E-state index contributed by atoms with van der Waals surface area (Å²) in [6, 6.07) is 10.2. The highest BCUT2D eigenvalue weighted by molar-refractivity contribution is 5.91. The molecule has 0 unspecified atom stereocenters. The van der Waals surface area contributed by atoms with Gasteiger partial charge in [0, 0.05) is 16.6 Å². The number of hydrogen-bond acceptors (Lipinski definition) is 2. The van der Waals surface area contributed by atoms with Crippen LogP contribution in [0.4, 0.5) is 0 Å². The molecular formula is C16H16N2O. The summed E-state index contributed by atoms with van der Waals surface area (Å²) >= 11 is 0. The molecule has 0 bridgehead atoms. The lowest BCUT2D eigenvalue weighted by molar-refractivity contribution is 0.416. The standard InChI is InChI=1S/C16H16N2O/c1-10-8-13-11(2)16(18-14(13)9-17-10)12-6-4-5-7-15(12)19-3/h4-9,18H,1-3H3. The third kappa shape index (κ3) is 1.87. The molecule has 0 atom stereocenters. The van der Waals surface area contributed by atoms with Crippen LogP contribution in [0.1, 0.15) is 11.3 Å². The molecule has 0 spiro atoms. The summed E-state index contributed by atoms with van der Waals surface area (Å²) in [4.78, 5) is 7.78. The number of H-pyrrole nitrogens is 1. The fourth-order valence-electron chi connectivity index (χ4n) is 2.45. The second-order valence-corrected chi connectivity index (χ2v) is 4.70. The lowest BCUT2D eigenvalue weighted by Gasteiger charge is -2.07. The Morgan fingerprint density at radius 3 is 2.74 bits per heavy atom. The summed E-state index contributed by atoms with van der Waals surface area (Å²) in [5.41, 5.74) is 5.49. The SMILES string of the molecule is COc1ccccc1-c1[nH]c2cnc(C)cc2c1C. The van der Waals surface area contributed by atoms with Crippen molar-refractivity contribution in [2.75, 3.05) is 7.11 Å². The molecule has 0 fully saturated rings. The van der Waals surface area contributed by atoms with E-state index in [2.05, 4.69) is 29.0 Å². The molecule has 0 radical (unpaired) electrons. The van der Waals surface area contributed by atoms with Gasteiger partial charge in [-0.25, -0.2) is 0 Å². The molecule has 0 aliphatic heterocycles. The normalized spacial score (nSPS) is 10.9. The molecule has 0 amide bonds. The van der Waals surface area contributed by atoms with Gasteiger partial charge in [-0.15, -0.1) is 0 Å². The van der Waals surface area contributed by atoms with E-state index in [0.717, 1.165) is 28.2 Å². The minimum absolute atomic E-state index is 0.877. The quantitative estimate of drug-likeness (QED) is 0.752. The van der Waals surface area contributed by atoms with Gasteiger partial charge >= 0.3 is 0 Å². The van der Waals surface area contributed by atoms with E-state index >= 15 is 0 Å². The molecule has 0 aliphatic carbocycles. The van der Waals surface area contributed by atoms with E-state index in [1.54, 1.807) is 7.11 Å². The van der Waals surface area contributed by atoms with Crippen molar-refractivity contribution >= 4 is 10.9 Å². The van der Waals surface area contributed by atoms with Crippen LogP contribution < -0.4 is 4.74 Å². The van der Waals surface area contributed by atoms with Crippen molar-refractivity contribution in [1.82, 2.24) is 9.97 Å². The molecule has 3 nitrogen and oxygen atoms in total. The fraction of sp³-hybridized carbons (Fsp3) is 0.188. The first kappa shape index (κ1) is 11.8. The molecular weight excluding hydrogens is 236 g/mol. The van der Waals surface area contributed by atoms with Gasteiger partial charge in [-0.05, 0) is 37.6 Å². The van der Waals surface area contributed by atoms with Crippen LogP contribution in [-0.2, 0) is 0 Å². The Bertz CT molecular complexity index is 744. The van der Waals surface area contributed by atoms with Crippen molar-refractivity contribution in [3.63, 3.8) is 0 Å². The topological polar surface area (TPSA) is 37.9 Å². The predicted molar refractivity (Wildman–Crippen MR) is 77.6 cm³/mol. The van der Waals surface area contributed by atoms with Gasteiger partial charge in [-0.1, -0.05) is 12.1 Å². The zero-order valence-electron chi connectivity index (χ0n) is 11.3. The molecule has 1 aromatic carbocycles. The van der Waals surface area contributed by atoms with Crippen molar-refractivity contribution in [2.45, 2.75) is 13.8 Å². The lowest BCUT2D eigenvalue weighted by Crippen LogP contribution is -1.88. The maximum atomic E-state index is 5.44. The summed E-state index contributed by atoms with van der Waals surface area (Å²) in [5, 5.41) is 1.22. The van der Waals surface area contributed by atoms with Gasteiger partial charge in [0.1, 0.15) is 5.75 Å². The molecule has 3 heteroatoms. The van der Waals surface area contributed by atoms with Crippen LogP contribution in [0.2, 0.25) is 0 Å². The Kier molecular flexibility index (Phi) is 2.75. The minimum Gasteiger partial charge on any atom is -0.496 e. The number of nitrogens with one attached hydrogen (secondary N) is 1. The zero-order valence-corrected chi connectivity index (χ0v) is 11.3. The van der Waals surface area contributed by atoms with Gasteiger partial charge in [-0.2, -0.15) is 0 Å². The molecule has 3 aromatic rings. The number of aryl methyl sites for hydroxylation is 2. The molecule has 0 saturated heterocycles. The van der Waals surface area contributed by atoms with Crippen molar-refractivity contribution < 1.29 is 4.74 Å². The van der Waals surface area contributed by atoms with Crippen LogP contribution >= 0.6 is 0 Å². The van der Waals surface area contributed by atoms with Crippen molar-refractivity contribution in [3.05, 3.63) is 47.8 Å². The van der Waals surface area contributed by atoms with E-state index in [1.165, 1.54) is 10.9 Å². The van der Waals surface area contributed by atoms with Crippen molar-refractivity contribution in [3.8, 4) is 17.0 Å². The van der Waals surface area contributed by atoms with E-state index in [1.807, 2.05) is 31.3 Å². The monoisotopic (exact) mass is 252 g/mol. The van der Waals surface area contributed by atoms with Crippen molar-refractivity contribution in [2.24, 2.45) is 0 Å². The minimum atomic E-state index is 0.877. The second kappa shape index (κ2) is 4.43. The molecule has 2 aromatic heterocycles. The Labute approximate surface area is 112 Å². The molecule has 2 heterocycles. The number of methoxy groups -OCH3 is 1. The first-order chi connectivity index (χ1) is 9.20. The highest BCUT2D eigenvalue weighted by atomic mass is 16.5. The van der Waals surface area contributed by atoms with Gasteiger partial charge in [-0.3, -0.25) is 4.98 Å². The summed E-state index contributed by atoms with van der Waals surface area (Å²) in [6.45, 7) is 4.13. The molecule has 1 N–H and O–H groups in total. The Morgan fingerprint density at radius 1 is 1.16 bits per heavy atom. The Balaban J connectivity index is 2.28. The van der Waals surface area contributed by atoms with Crippen LogP contribution in [-0.4, -0.2) is 17.1 Å². The number of aromatic nitrogens is 2. The molecule has 3 rings (SSSR count). The summed E-state index contributed by atoms with van der Waals surface area (Å²) in [5.74, 6) is 0.877.